The van der Waals surface area contributed by atoms with Gasteiger partial charge in [0.15, 0.2) is 0 Å². The van der Waals surface area contributed by atoms with Crippen molar-refractivity contribution in [1.29, 1.82) is 0 Å². The van der Waals surface area contributed by atoms with Gasteiger partial charge in [0.05, 0.1) is 0 Å². The van der Waals surface area contributed by atoms with Gasteiger partial charge in [0.1, 0.15) is 6.10 Å². The molecule has 0 heterocycles. The van der Waals surface area contributed by atoms with Gasteiger partial charge >= 0.3 is 0 Å². The number of hydrogen-bond donors (Lipinski definition) is 1. The summed E-state index contributed by atoms with van der Waals surface area (Å²) in [7, 11) is 0. The Hall–Kier alpha value is -2.09. The molecule has 0 amide bonds. The third-order valence-corrected chi connectivity index (χ3v) is 3.88. The normalized spacial score (nSPS) is 12.1. The van der Waals surface area contributed by atoms with Crippen LogP contribution in [0.1, 0.15) is 17.2 Å². The first kappa shape index (κ1) is 13.9. The molecule has 0 bridgehead atoms. The van der Waals surface area contributed by atoms with E-state index in [9.17, 15) is 5.11 Å². The van der Waals surface area contributed by atoms with E-state index in [1.165, 1.54) is 0 Å². The lowest BCUT2D eigenvalue weighted by Gasteiger charge is -2.13. The van der Waals surface area contributed by atoms with Crippen molar-refractivity contribution >= 4 is 11.6 Å². The molecule has 0 aliphatic rings. The van der Waals surface area contributed by atoms with E-state index in [1.54, 1.807) is 6.07 Å². The Morgan fingerprint density at radius 3 is 1.90 bits per heavy atom. The van der Waals surface area contributed by atoms with Gasteiger partial charge in [-0.15, -0.1) is 0 Å². The second-order valence-corrected chi connectivity index (χ2v) is 5.32. The molecule has 0 spiro atoms. The topological polar surface area (TPSA) is 20.2 Å². The van der Waals surface area contributed by atoms with Crippen LogP contribution in [0, 0.1) is 0 Å². The predicted molar refractivity (Wildman–Crippen MR) is 87.4 cm³/mol. The number of benzene rings is 3. The molecule has 3 aromatic carbocycles. The number of halogens is 1. The molecule has 1 N–H and O–H groups in total. The Morgan fingerprint density at radius 1 is 0.667 bits per heavy atom. The van der Waals surface area contributed by atoms with Crippen molar-refractivity contribution in [2.75, 3.05) is 0 Å². The zero-order valence-electron chi connectivity index (χ0n) is 11.4. The van der Waals surface area contributed by atoms with E-state index < -0.39 is 6.10 Å². The maximum Gasteiger partial charge on any atom is 0.105 e. The molecule has 21 heavy (non-hydrogen) atoms. The lowest BCUT2D eigenvalue weighted by atomic mass is 9.98. The molecule has 3 aromatic rings. The average Bonchev–Trinajstić information content (AvgIpc) is 2.56. The summed E-state index contributed by atoms with van der Waals surface area (Å²) in [5.41, 5.74) is 3.86. The van der Waals surface area contributed by atoms with E-state index in [1.807, 2.05) is 60.7 Å². The molecule has 0 saturated carbocycles. The van der Waals surface area contributed by atoms with Gasteiger partial charge in [0.2, 0.25) is 0 Å². The van der Waals surface area contributed by atoms with E-state index in [0.717, 1.165) is 22.3 Å². The van der Waals surface area contributed by atoms with Crippen LogP contribution in [-0.4, -0.2) is 5.11 Å². The quantitative estimate of drug-likeness (QED) is 0.713. The van der Waals surface area contributed by atoms with E-state index in [0.29, 0.717) is 5.02 Å². The molecule has 0 saturated heterocycles. The van der Waals surface area contributed by atoms with Crippen LogP contribution in [0.25, 0.3) is 11.1 Å². The minimum atomic E-state index is -0.705. The summed E-state index contributed by atoms with van der Waals surface area (Å²) >= 11 is 6.14. The van der Waals surface area contributed by atoms with Crippen molar-refractivity contribution in [2.45, 2.75) is 6.10 Å². The first-order valence-corrected chi connectivity index (χ1v) is 7.21. The summed E-state index contributed by atoms with van der Waals surface area (Å²) in [6.07, 6.45) is -0.705. The maximum atomic E-state index is 10.4. The molecular weight excluding hydrogens is 280 g/mol. The lowest BCUT2D eigenvalue weighted by Crippen LogP contribution is -2.00. The number of aliphatic hydroxyl groups is 1. The minimum absolute atomic E-state index is 0.581. The monoisotopic (exact) mass is 294 g/mol. The Labute approximate surface area is 129 Å². The third kappa shape index (κ3) is 2.99. The predicted octanol–water partition coefficient (Wildman–Crippen LogP) is 5.09. The molecule has 0 aromatic heterocycles. The van der Waals surface area contributed by atoms with Gasteiger partial charge in [-0.2, -0.15) is 0 Å². The van der Waals surface area contributed by atoms with Crippen molar-refractivity contribution < 1.29 is 5.11 Å². The molecule has 2 heteroatoms. The van der Waals surface area contributed by atoms with Crippen LogP contribution < -0.4 is 0 Å². The highest BCUT2D eigenvalue weighted by Crippen LogP contribution is 2.29. The highest BCUT2D eigenvalue weighted by atomic mass is 35.5. The van der Waals surface area contributed by atoms with Crippen LogP contribution in [0.2, 0.25) is 5.02 Å². The van der Waals surface area contributed by atoms with Gasteiger partial charge < -0.3 is 5.11 Å². The maximum absolute atomic E-state index is 10.4. The van der Waals surface area contributed by atoms with E-state index >= 15 is 0 Å². The minimum Gasteiger partial charge on any atom is -0.384 e. The van der Waals surface area contributed by atoms with E-state index in [2.05, 4.69) is 12.1 Å². The van der Waals surface area contributed by atoms with Gasteiger partial charge in [0.25, 0.3) is 0 Å². The molecule has 1 nitrogen and oxygen atoms in total. The van der Waals surface area contributed by atoms with Crippen molar-refractivity contribution in [2.24, 2.45) is 0 Å². The summed E-state index contributed by atoms with van der Waals surface area (Å²) in [6.45, 7) is 0. The standard InChI is InChI=1S/C19H15ClO/c20-18-9-5-4-8-17(18)19(21)16-12-10-15(11-13-16)14-6-2-1-3-7-14/h1-13,19,21H. The van der Waals surface area contributed by atoms with Crippen LogP contribution in [0.15, 0.2) is 78.9 Å². The third-order valence-electron chi connectivity index (χ3n) is 3.53. The van der Waals surface area contributed by atoms with Crippen LogP contribution in [-0.2, 0) is 0 Å². The zero-order chi connectivity index (χ0) is 14.7. The summed E-state index contributed by atoms with van der Waals surface area (Å²) in [6, 6.07) is 25.5. The molecule has 1 atom stereocenters. The van der Waals surface area contributed by atoms with Crippen molar-refractivity contribution in [3.63, 3.8) is 0 Å². The fraction of sp³-hybridized carbons (Fsp3) is 0.0526. The first-order chi connectivity index (χ1) is 10.3. The van der Waals surface area contributed by atoms with Gasteiger partial charge in [-0.05, 0) is 22.8 Å². The Morgan fingerprint density at radius 2 is 1.24 bits per heavy atom. The van der Waals surface area contributed by atoms with Gasteiger partial charge in [0, 0.05) is 10.6 Å². The van der Waals surface area contributed by atoms with Gasteiger partial charge in [-0.1, -0.05) is 84.4 Å². The fourth-order valence-corrected chi connectivity index (χ4v) is 2.60. The van der Waals surface area contributed by atoms with Crippen molar-refractivity contribution in [3.05, 3.63) is 95.0 Å². The summed E-state index contributed by atoms with van der Waals surface area (Å²) in [4.78, 5) is 0. The zero-order valence-corrected chi connectivity index (χ0v) is 12.2. The second-order valence-electron chi connectivity index (χ2n) is 4.91. The molecular formula is C19H15ClO. The van der Waals surface area contributed by atoms with Crippen molar-refractivity contribution in [1.82, 2.24) is 0 Å². The van der Waals surface area contributed by atoms with E-state index in [4.69, 9.17) is 11.6 Å². The molecule has 3 rings (SSSR count). The Bertz CT molecular complexity index is 720. The first-order valence-electron chi connectivity index (χ1n) is 6.83. The van der Waals surface area contributed by atoms with Gasteiger partial charge in [-0.25, -0.2) is 0 Å². The molecule has 0 radical (unpaired) electrons. The Kier molecular flexibility index (Phi) is 4.05. The lowest BCUT2D eigenvalue weighted by molar-refractivity contribution is 0.220. The van der Waals surface area contributed by atoms with Crippen LogP contribution in [0.4, 0.5) is 0 Å². The van der Waals surface area contributed by atoms with Gasteiger partial charge in [-0.3, -0.25) is 0 Å². The SMILES string of the molecule is OC(c1ccc(-c2ccccc2)cc1)c1ccccc1Cl. The highest BCUT2D eigenvalue weighted by molar-refractivity contribution is 6.31. The smallest absolute Gasteiger partial charge is 0.105 e. The average molecular weight is 295 g/mol. The largest absolute Gasteiger partial charge is 0.384 e. The van der Waals surface area contributed by atoms with E-state index in [-0.39, 0.29) is 0 Å². The summed E-state index contributed by atoms with van der Waals surface area (Å²) in [5, 5.41) is 11.0. The molecule has 0 aliphatic carbocycles. The van der Waals surface area contributed by atoms with Crippen LogP contribution in [0.3, 0.4) is 0 Å². The second kappa shape index (κ2) is 6.13. The summed E-state index contributed by atoms with van der Waals surface area (Å²) < 4.78 is 0. The Balaban J connectivity index is 1.89. The van der Waals surface area contributed by atoms with Crippen molar-refractivity contribution in [3.8, 4) is 11.1 Å². The number of aliphatic hydroxyl groups excluding tert-OH is 1. The molecule has 104 valence electrons. The van der Waals surface area contributed by atoms with Crippen LogP contribution >= 0.6 is 11.6 Å². The molecule has 0 aliphatic heterocycles. The number of rotatable bonds is 3. The van der Waals surface area contributed by atoms with Crippen LogP contribution in [0.5, 0.6) is 0 Å². The molecule has 1 unspecified atom stereocenters. The highest BCUT2D eigenvalue weighted by Gasteiger charge is 2.13. The fourth-order valence-electron chi connectivity index (χ4n) is 2.36. The number of hydrogen-bond acceptors (Lipinski definition) is 1. The molecule has 0 fully saturated rings. The summed E-state index contributed by atoms with van der Waals surface area (Å²) in [5.74, 6) is 0.